The van der Waals surface area contributed by atoms with Crippen LogP contribution in [0.3, 0.4) is 0 Å². The third-order valence-electron chi connectivity index (χ3n) is 4.57. The third kappa shape index (κ3) is 3.98. The van der Waals surface area contributed by atoms with Crippen molar-refractivity contribution in [1.82, 2.24) is 9.80 Å². The molecule has 3 heteroatoms. The fourth-order valence-corrected chi connectivity index (χ4v) is 3.27. The third-order valence-corrected chi connectivity index (χ3v) is 4.57. The van der Waals surface area contributed by atoms with Gasteiger partial charge in [0.15, 0.2) is 0 Å². The molecule has 1 heterocycles. The smallest absolute Gasteiger partial charge is 0.236 e. The average molecular weight is 252 g/mol. The van der Waals surface area contributed by atoms with Crippen molar-refractivity contribution < 1.29 is 4.79 Å². The van der Waals surface area contributed by atoms with Crippen LogP contribution in [0.4, 0.5) is 0 Å². The zero-order valence-electron chi connectivity index (χ0n) is 11.9. The Balaban J connectivity index is 1.78. The first-order chi connectivity index (χ1) is 8.77. The van der Waals surface area contributed by atoms with E-state index < -0.39 is 0 Å². The van der Waals surface area contributed by atoms with Crippen molar-refractivity contribution in [2.45, 2.75) is 63.8 Å². The molecule has 2 fully saturated rings. The first-order valence-electron chi connectivity index (χ1n) is 7.75. The molecule has 2 rings (SSSR count). The van der Waals surface area contributed by atoms with E-state index in [4.69, 9.17) is 0 Å². The fraction of sp³-hybridized carbons (Fsp3) is 0.933. The van der Waals surface area contributed by atoms with Gasteiger partial charge < -0.3 is 4.90 Å². The van der Waals surface area contributed by atoms with Crippen molar-refractivity contribution in [2.24, 2.45) is 0 Å². The number of carbonyl (C=O) groups is 1. The van der Waals surface area contributed by atoms with Crippen LogP contribution in [0.15, 0.2) is 0 Å². The second kappa shape index (κ2) is 7.13. The molecule has 1 saturated heterocycles. The summed E-state index contributed by atoms with van der Waals surface area (Å²) in [6.07, 6.45) is 11.6. The minimum atomic E-state index is 0.337. The topological polar surface area (TPSA) is 23.6 Å². The predicted octanol–water partition coefficient (Wildman–Crippen LogP) is 2.65. The Labute approximate surface area is 112 Å². The molecule has 0 aromatic rings. The van der Waals surface area contributed by atoms with E-state index in [1.54, 1.807) is 0 Å². The number of nitrogens with zero attached hydrogens (tertiary/aromatic N) is 2. The maximum Gasteiger partial charge on any atom is 0.236 e. The van der Waals surface area contributed by atoms with Gasteiger partial charge in [-0.05, 0) is 38.8 Å². The van der Waals surface area contributed by atoms with E-state index >= 15 is 0 Å². The molecule has 18 heavy (non-hydrogen) atoms. The minimum absolute atomic E-state index is 0.337. The lowest BCUT2D eigenvalue weighted by molar-refractivity contribution is -0.133. The van der Waals surface area contributed by atoms with E-state index in [2.05, 4.69) is 4.90 Å². The molecule has 0 aromatic carbocycles. The molecule has 0 unspecified atom stereocenters. The molecular formula is C15H28N2O. The SMILES string of the molecule is CN(C(=O)CN1CCCCCC1)C1CCCCC1. The summed E-state index contributed by atoms with van der Waals surface area (Å²) in [6, 6.07) is 0.512. The van der Waals surface area contributed by atoms with Gasteiger partial charge in [-0.3, -0.25) is 9.69 Å². The molecule has 1 saturated carbocycles. The number of rotatable bonds is 3. The first kappa shape index (κ1) is 13.9. The summed E-state index contributed by atoms with van der Waals surface area (Å²) in [5.41, 5.74) is 0. The Hall–Kier alpha value is -0.570. The van der Waals surface area contributed by atoms with Gasteiger partial charge in [0, 0.05) is 13.1 Å². The zero-order valence-corrected chi connectivity index (χ0v) is 11.9. The number of carbonyl (C=O) groups excluding carboxylic acids is 1. The van der Waals surface area contributed by atoms with Crippen molar-refractivity contribution in [2.75, 3.05) is 26.7 Å². The molecule has 0 aromatic heterocycles. The Kier molecular flexibility index (Phi) is 5.48. The van der Waals surface area contributed by atoms with Gasteiger partial charge in [0.05, 0.1) is 6.54 Å². The molecule has 0 bridgehead atoms. The van der Waals surface area contributed by atoms with Crippen molar-refractivity contribution in [3.8, 4) is 0 Å². The van der Waals surface area contributed by atoms with Crippen LogP contribution in [0, 0.1) is 0 Å². The molecule has 0 atom stereocenters. The van der Waals surface area contributed by atoms with Crippen LogP contribution in [0.25, 0.3) is 0 Å². The molecule has 104 valence electrons. The predicted molar refractivity (Wildman–Crippen MR) is 74.6 cm³/mol. The molecule has 3 nitrogen and oxygen atoms in total. The number of likely N-dealkylation sites (N-methyl/N-ethyl adjacent to an activating group) is 1. The standard InChI is InChI=1S/C15H28N2O/c1-16(14-9-5-4-6-10-14)15(18)13-17-11-7-2-3-8-12-17/h14H,2-13H2,1H3. The van der Waals surface area contributed by atoms with Crippen LogP contribution in [-0.4, -0.2) is 48.4 Å². The summed E-state index contributed by atoms with van der Waals surface area (Å²) < 4.78 is 0. The minimum Gasteiger partial charge on any atom is -0.342 e. The highest BCUT2D eigenvalue weighted by atomic mass is 16.2. The van der Waals surface area contributed by atoms with Crippen molar-refractivity contribution in [3.05, 3.63) is 0 Å². The normalized spacial score (nSPS) is 23.6. The van der Waals surface area contributed by atoms with Crippen molar-refractivity contribution in [3.63, 3.8) is 0 Å². The maximum atomic E-state index is 12.3. The summed E-state index contributed by atoms with van der Waals surface area (Å²) in [6.45, 7) is 2.88. The van der Waals surface area contributed by atoms with Gasteiger partial charge in [0.1, 0.15) is 0 Å². The molecule has 0 spiro atoms. The highest BCUT2D eigenvalue weighted by Crippen LogP contribution is 2.21. The van der Waals surface area contributed by atoms with Gasteiger partial charge >= 0.3 is 0 Å². The van der Waals surface area contributed by atoms with Gasteiger partial charge in [-0.25, -0.2) is 0 Å². The fourth-order valence-electron chi connectivity index (χ4n) is 3.27. The molecule has 0 radical (unpaired) electrons. The molecule has 1 aliphatic heterocycles. The second-order valence-corrected chi connectivity index (χ2v) is 5.99. The van der Waals surface area contributed by atoms with Crippen molar-refractivity contribution in [1.29, 1.82) is 0 Å². The lowest BCUT2D eigenvalue weighted by Crippen LogP contribution is -2.44. The van der Waals surface area contributed by atoms with Gasteiger partial charge in [0.25, 0.3) is 0 Å². The zero-order chi connectivity index (χ0) is 12.8. The van der Waals surface area contributed by atoms with Gasteiger partial charge in [-0.2, -0.15) is 0 Å². The molecular weight excluding hydrogens is 224 g/mol. The summed E-state index contributed by atoms with van der Waals surface area (Å²) in [4.78, 5) is 16.7. The number of amides is 1. The summed E-state index contributed by atoms with van der Waals surface area (Å²) in [7, 11) is 2.01. The highest BCUT2D eigenvalue weighted by molar-refractivity contribution is 5.78. The number of hydrogen-bond donors (Lipinski definition) is 0. The van der Waals surface area contributed by atoms with Crippen molar-refractivity contribution >= 4 is 5.91 Å². The van der Waals surface area contributed by atoms with E-state index in [9.17, 15) is 4.79 Å². The van der Waals surface area contributed by atoms with E-state index in [0.29, 0.717) is 18.5 Å². The number of likely N-dealkylation sites (tertiary alicyclic amines) is 1. The summed E-state index contributed by atoms with van der Waals surface area (Å²) in [5.74, 6) is 0.337. The Morgan fingerprint density at radius 2 is 1.56 bits per heavy atom. The molecule has 2 aliphatic rings. The molecule has 1 aliphatic carbocycles. The van der Waals surface area contributed by atoms with Crippen LogP contribution >= 0.6 is 0 Å². The molecule has 1 amide bonds. The Morgan fingerprint density at radius 3 is 2.17 bits per heavy atom. The summed E-state index contributed by atoms with van der Waals surface area (Å²) >= 11 is 0. The van der Waals surface area contributed by atoms with Gasteiger partial charge in [0.2, 0.25) is 5.91 Å². The average Bonchev–Trinajstić information content (AvgIpc) is 2.67. The second-order valence-electron chi connectivity index (χ2n) is 5.99. The van der Waals surface area contributed by atoms with Crippen LogP contribution < -0.4 is 0 Å². The quantitative estimate of drug-likeness (QED) is 0.771. The van der Waals surface area contributed by atoms with E-state index in [0.717, 1.165) is 13.1 Å². The van der Waals surface area contributed by atoms with Crippen LogP contribution in [0.5, 0.6) is 0 Å². The monoisotopic (exact) mass is 252 g/mol. The maximum absolute atomic E-state index is 12.3. The summed E-state index contributed by atoms with van der Waals surface area (Å²) in [5, 5.41) is 0. The highest BCUT2D eigenvalue weighted by Gasteiger charge is 2.23. The Morgan fingerprint density at radius 1 is 1.00 bits per heavy atom. The largest absolute Gasteiger partial charge is 0.342 e. The van der Waals surface area contributed by atoms with Crippen LogP contribution in [0.1, 0.15) is 57.8 Å². The molecule has 0 N–H and O–H groups in total. The van der Waals surface area contributed by atoms with E-state index in [1.807, 2.05) is 11.9 Å². The lowest BCUT2D eigenvalue weighted by atomic mass is 9.94. The van der Waals surface area contributed by atoms with E-state index in [-0.39, 0.29) is 0 Å². The Bertz CT molecular complexity index is 253. The first-order valence-corrected chi connectivity index (χ1v) is 7.75. The van der Waals surface area contributed by atoms with Gasteiger partial charge in [-0.15, -0.1) is 0 Å². The van der Waals surface area contributed by atoms with Crippen LogP contribution in [0.2, 0.25) is 0 Å². The lowest BCUT2D eigenvalue weighted by Gasteiger charge is -2.32. The number of hydrogen-bond acceptors (Lipinski definition) is 2. The van der Waals surface area contributed by atoms with Crippen LogP contribution in [-0.2, 0) is 4.79 Å². The van der Waals surface area contributed by atoms with E-state index in [1.165, 1.54) is 57.8 Å². The van der Waals surface area contributed by atoms with Gasteiger partial charge in [-0.1, -0.05) is 32.1 Å².